The summed E-state index contributed by atoms with van der Waals surface area (Å²) in [7, 11) is 0. The van der Waals surface area contributed by atoms with E-state index in [1.807, 2.05) is 30.0 Å². The highest BCUT2D eigenvalue weighted by atomic mass is 16.3. The van der Waals surface area contributed by atoms with Crippen molar-refractivity contribution < 1.29 is 9.90 Å². The molecule has 0 radical (unpaired) electrons. The van der Waals surface area contributed by atoms with Gasteiger partial charge in [0.15, 0.2) is 0 Å². The van der Waals surface area contributed by atoms with Crippen molar-refractivity contribution >= 4 is 5.91 Å². The van der Waals surface area contributed by atoms with Crippen molar-refractivity contribution in [1.29, 1.82) is 0 Å². The second kappa shape index (κ2) is 7.21. The molecule has 2 N–H and O–H groups in total. The van der Waals surface area contributed by atoms with Gasteiger partial charge in [0.25, 0.3) is 0 Å². The first-order chi connectivity index (χ1) is 8.60. The molecule has 1 aromatic rings. The quantitative estimate of drug-likeness (QED) is 0.782. The fourth-order valence-electron chi connectivity index (χ4n) is 1.92. The molecule has 0 saturated heterocycles. The molecule has 0 spiro atoms. The van der Waals surface area contributed by atoms with Crippen LogP contribution < -0.4 is 5.32 Å². The summed E-state index contributed by atoms with van der Waals surface area (Å²) < 4.78 is 1.81. The van der Waals surface area contributed by atoms with Crippen LogP contribution in [0.25, 0.3) is 0 Å². The van der Waals surface area contributed by atoms with Gasteiger partial charge in [0.1, 0.15) is 6.54 Å². The van der Waals surface area contributed by atoms with Gasteiger partial charge < -0.3 is 15.0 Å². The maximum atomic E-state index is 11.8. The number of nitrogens with one attached hydrogen (secondary N) is 1. The fourth-order valence-corrected chi connectivity index (χ4v) is 1.92. The number of hydrogen-bond acceptors (Lipinski definition) is 2. The summed E-state index contributed by atoms with van der Waals surface area (Å²) in [5.41, 5.74) is 0.868. The molecule has 0 aliphatic rings. The lowest BCUT2D eigenvalue weighted by Gasteiger charge is -2.14. The minimum Gasteiger partial charge on any atom is -0.388 e. The van der Waals surface area contributed by atoms with Gasteiger partial charge in [0, 0.05) is 18.4 Å². The molecule has 4 nitrogen and oxygen atoms in total. The minimum absolute atomic E-state index is 0.0249. The SMILES string of the molecule is CCC(CC)NC(=O)Cn1ccc(C(O)CC)c1. The Morgan fingerprint density at radius 3 is 2.56 bits per heavy atom. The van der Waals surface area contributed by atoms with Crippen molar-refractivity contribution in [3.63, 3.8) is 0 Å². The summed E-state index contributed by atoms with van der Waals surface area (Å²) in [5, 5.41) is 12.7. The van der Waals surface area contributed by atoms with Gasteiger partial charge in [-0.3, -0.25) is 4.79 Å². The molecule has 18 heavy (non-hydrogen) atoms. The highest BCUT2D eigenvalue weighted by molar-refractivity contribution is 5.76. The molecule has 1 rings (SSSR count). The molecule has 4 heteroatoms. The van der Waals surface area contributed by atoms with Crippen LogP contribution in [0.2, 0.25) is 0 Å². The second-order valence-electron chi connectivity index (χ2n) is 4.62. The average molecular weight is 252 g/mol. The minimum atomic E-state index is -0.437. The molecular weight excluding hydrogens is 228 g/mol. The number of rotatable bonds is 7. The van der Waals surface area contributed by atoms with Crippen LogP contribution in [0.3, 0.4) is 0 Å². The standard InChI is InChI=1S/C14H24N2O2/c1-4-12(5-2)15-14(18)10-16-8-7-11(9-16)13(17)6-3/h7-9,12-13,17H,4-6,10H2,1-3H3,(H,15,18). The first-order valence-electron chi connectivity index (χ1n) is 6.73. The summed E-state index contributed by atoms with van der Waals surface area (Å²) in [6.45, 7) is 6.38. The van der Waals surface area contributed by atoms with Crippen LogP contribution in [-0.2, 0) is 11.3 Å². The van der Waals surface area contributed by atoms with Crippen molar-refractivity contribution in [2.24, 2.45) is 0 Å². The maximum absolute atomic E-state index is 11.8. The van der Waals surface area contributed by atoms with Crippen molar-refractivity contribution in [1.82, 2.24) is 9.88 Å². The Kier molecular flexibility index (Phi) is 5.92. The van der Waals surface area contributed by atoms with Gasteiger partial charge in [-0.1, -0.05) is 20.8 Å². The smallest absolute Gasteiger partial charge is 0.240 e. The summed E-state index contributed by atoms with van der Waals surface area (Å²) in [6, 6.07) is 2.12. The first-order valence-corrected chi connectivity index (χ1v) is 6.73. The molecule has 1 unspecified atom stereocenters. The number of nitrogens with zero attached hydrogens (tertiary/aromatic N) is 1. The maximum Gasteiger partial charge on any atom is 0.240 e. The second-order valence-corrected chi connectivity index (χ2v) is 4.62. The van der Waals surface area contributed by atoms with E-state index in [2.05, 4.69) is 19.2 Å². The molecule has 1 heterocycles. The third-order valence-electron chi connectivity index (χ3n) is 3.22. The number of aliphatic hydroxyl groups excluding tert-OH is 1. The van der Waals surface area contributed by atoms with E-state index >= 15 is 0 Å². The number of carbonyl (C=O) groups is 1. The van der Waals surface area contributed by atoms with Crippen LogP contribution in [-0.4, -0.2) is 21.6 Å². The van der Waals surface area contributed by atoms with E-state index in [-0.39, 0.29) is 11.9 Å². The molecule has 102 valence electrons. The zero-order valence-corrected chi connectivity index (χ0v) is 11.5. The van der Waals surface area contributed by atoms with Crippen LogP contribution in [0.1, 0.15) is 51.7 Å². The third-order valence-corrected chi connectivity index (χ3v) is 3.22. The number of amides is 1. The molecule has 0 aliphatic heterocycles. The Hall–Kier alpha value is -1.29. The molecule has 0 saturated carbocycles. The van der Waals surface area contributed by atoms with Crippen LogP contribution in [0.4, 0.5) is 0 Å². The zero-order valence-electron chi connectivity index (χ0n) is 11.5. The lowest BCUT2D eigenvalue weighted by molar-refractivity contribution is -0.122. The molecule has 0 aromatic carbocycles. The Balaban J connectivity index is 2.52. The van der Waals surface area contributed by atoms with Crippen LogP contribution >= 0.6 is 0 Å². The molecule has 1 amide bonds. The van der Waals surface area contributed by atoms with E-state index in [4.69, 9.17) is 0 Å². The number of aliphatic hydroxyl groups is 1. The van der Waals surface area contributed by atoms with Crippen LogP contribution in [0.5, 0.6) is 0 Å². The number of aromatic nitrogens is 1. The van der Waals surface area contributed by atoms with Gasteiger partial charge in [0.2, 0.25) is 5.91 Å². The first kappa shape index (κ1) is 14.8. The van der Waals surface area contributed by atoms with Crippen molar-refractivity contribution in [2.45, 2.75) is 58.7 Å². The largest absolute Gasteiger partial charge is 0.388 e. The van der Waals surface area contributed by atoms with Crippen molar-refractivity contribution in [2.75, 3.05) is 0 Å². The highest BCUT2D eigenvalue weighted by Crippen LogP contribution is 2.16. The third kappa shape index (κ3) is 4.18. The highest BCUT2D eigenvalue weighted by Gasteiger charge is 2.10. The normalized spacial score (nSPS) is 12.7. The number of carbonyl (C=O) groups excluding carboxylic acids is 1. The Morgan fingerprint density at radius 2 is 2.00 bits per heavy atom. The van der Waals surface area contributed by atoms with Gasteiger partial charge in [-0.15, -0.1) is 0 Å². The molecule has 0 fully saturated rings. The van der Waals surface area contributed by atoms with Crippen molar-refractivity contribution in [3.05, 3.63) is 24.0 Å². The van der Waals surface area contributed by atoms with E-state index in [1.165, 1.54) is 0 Å². The summed E-state index contributed by atoms with van der Waals surface area (Å²) in [4.78, 5) is 11.8. The molecule has 1 aromatic heterocycles. The van der Waals surface area contributed by atoms with Gasteiger partial charge >= 0.3 is 0 Å². The number of hydrogen-bond donors (Lipinski definition) is 2. The van der Waals surface area contributed by atoms with Gasteiger partial charge in [-0.05, 0) is 30.9 Å². The topological polar surface area (TPSA) is 54.3 Å². The zero-order chi connectivity index (χ0) is 13.5. The average Bonchev–Trinajstić information content (AvgIpc) is 2.83. The lowest BCUT2D eigenvalue weighted by Crippen LogP contribution is -2.35. The van der Waals surface area contributed by atoms with Gasteiger partial charge in [-0.2, -0.15) is 0 Å². The summed E-state index contributed by atoms with van der Waals surface area (Å²) >= 11 is 0. The molecule has 0 bridgehead atoms. The molecular formula is C14H24N2O2. The summed E-state index contributed by atoms with van der Waals surface area (Å²) in [5.74, 6) is 0.0249. The molecule has 1 atom stereocenters. The van der Waals surface area contributed by atoms with Gasteiger partial charge in [0.05, 0.1) is 6.10 Å². The fraction of sp³-hybridized carbons (Fsp3) is 0.643. The lowest BCUT2D eigenvalue weighted by atomic mass is 10.1. The van der Waals surface area contributed by atoms with E-state index in [1.54, 1.807) is 0 Å². The summed E-state index contributed by atoms with van der Waals surface area (Å²) in [6.07, 6.45) is 5.82. The monoisotopic (exact) mass is 252 g/mol. The van der Waals surface area contributed by atoms with Crippen LogP contribution in [0.15, 0.2) is 18.5 Å². The Bertz CT molecular complexity index is 370. The van der Waals surface area contributed by atoms with Gasteiger partial charge in [-0.25, -0.2) is 0 Å². The van der Waals surface area contributed by atoms with Crippen LogP contribution in [0, 0.1) is 0 Å². The van der Waals surface area contributed by atoms with E-state index < -0.39 is 6.10 Å². The van der Waals surface area contributed by atoms with E-state index in [0.717, 1.165) is 18.4 Å². The van der Waals surface area contributed by atoms with Crippen molar-refractivity contribution in [3.8, 4) is 0 Å². The molecule has 0 aliphatic carbocycles. The Morgan fingerprint density at radius 1 is 1.33 bits per heavy atom. The Labute approximate surface area is 109 Å². The van der Waals surface area contributed by atoms with E-state index in [9.17, 15) is 9.90 Å². The van der Waals surface area contributed by atoms with E-state index in [0.29, 0.717) is 13.0 Å². The predicted octanol–water partition coefficient (Wildman–Crippen LogP) is 2.24. The predicted molar refractivity (Wildman–Crippen MR) is 72.2 cm³/mol.